The summed E-state index contributed by atoms with van der Waals surface area (Å²) in [7, 11) is 1.80. The summed E-state index contributed by atoms with van der Waals surface area (Å²) in [6.45, 7) is 6.73. The van der Waals surface area contributed by atoms with E-state index in [2.05, 4.69) is 10.4 Å². The van der Waals surface area contributed by atoms with Gasteiger partial charge in [-0.2, -0.15) is 5.10 Å². The maximum absolute atomic E-state index is 13.0. The van der Waals surface area contributed by atoms with Gasteiger partial charge in [0, 0.05) is 31.8 Å². The van der Waals surface area contributed by atoms with Crippen LogP contribution >= 0.6 is 0 Å². The second-order valence-electron chi connectivity index (χ2n) is 7.93. The van der Waals surface area contributed by atoms with E-state index in [4.69, 9.17) is 18.9 Å². The topological polar surface area (TPSA) is 83.8 Å². The average molecular weight is 466 g/mol. The van der Waals surface area contributed by atoms with Crippen LogP contribution in [0.25, 0.3) is 11.3 Å². The molecule has 1 aliphatic heterocycles. The molecule has 4 rings (SSSR count). The van der Waals surface area contributed by atoms with Crippen molar-refractivity contribution in [1.82, 2.24) is 15.1 Å². The highest BCUT2D eigenvalue weighted by molar-refractivity contribution is 5.99. The molecule has 0 radical (unpaired) electrons. The van der Waals surface area contributed by atoms with Gasteiger partial charge < -0.3 is 24.3 Å². The molecule has 1 N–H and O–H groups in total. The van der Waals surface area contributed by atoms with E-state index >= 15 is 0 Å². The molecule has 2 heterocycles. The van der Waals surface area contributed by atoms with Gasteiger partial charge in [0.2, 0.25) is 0 Å². The summed E-state index contributed by atoms with van der Waals surface area (Å²) in [5.41, 5.74) is 2.98. The first-order valence-corrected chi connectivity index (χ1v) is 11.7. The fourth-order valence-electron chi connectivity index (χ4n) is 3.85. The molecule has 180 valence electrons. The molecule has 0 saturated carbocycles. The number of aryl methyl sites for hydroxylation is 1. The van der Waals surface area contributed by atoms with Crippen LogP contribution in [0.3, 0.4) is 0 Å². The van der Waals surface area contributed by atoms with Gasteiger partial charge in [0.1, 0.15) is 5.69 Å². The number of hydrogen-bond acceptors (Lipinski definition) is 6. The SMILES string of the molecule is CCOc1ccc(CCNC(=O)c2cn(C)nc2-c2ccc3c(c2)OCCCO3)cc1OCC. The van der Waals surface area contributed by atoms with Crippen molar-refractivity contribution in [2.45, 2.75) is 26.7 Å². The van der Waals surface area contributed by atoms with Crippen molar-refractivity contribution < 1.29 is 23.7 Å². The van der Waals surface area contributed by atoms with Crippen molar-refractivity contribution >= 4 is 5.91 Å². The lowest BCUT2D eigenvalue weighted by Crippen LogP contribution is -2.25. The van der Waals surface area contributed by atoms with E-state index in [9.17, 15) is 4.79 Å². The summed E-state index contributed by atoms with van der Waals surface area (Å²) < 4.78 is 24.5. The molecule has 1 amide bonds. The Bertz CT molecular complexity index is 1140. The summed E-state index contributed by atoms with van der Waals surface area (Å²) >= 11 is 0. The lowest BCUT2D eigenvalue weighted by Gasteiger charge is -2.13. The molecule has 0 saturated heterocycles. The Morgan fingerprint density at radius 2 is 1.79 bits per heavy atom. The van der Waals surface area contributed by atoms with Crippen molar-refractivity contribution in [2.24, 2.45) is 7.05 Å². The number of nitrogens with zero attached hydrogens (tertiary/aromatic N) is 2. The number of amides is 1. The number of ether oxygens (including phenoxy) is 4. The van der Waals surface area contributed by atoms with Crippen LogP contribution in [-0.2, 0) is 13.5 Å². The number of aromatic nitrogens is 2. The van der Waals surface area contributed by atoms with Gasteiger partial charge in [0.05, 0.1) is 32.0 Å². The third-order valence-electron chi connectivity index (χ3n) is 5.40. The highest BCUT2D eigenvalue weighted by Gasteiger charge is 2.19. The van der Waals surface area contributed by atoms with Crippen molar-refractivity contribution in [3.63, 3.8) is 0 Å². The summed E-state index contributed by atoms with van der Waals surface area (Å²) in [4.78, 5) is 13.0. The first kappa shape index (κ1) is 23.5. The minimum absolute atomic E-state index is 0.175. The van der Waals surface area contributed by atoms with E-state index in [1.165, 1.54) is 0 Å². The van der Waals surface area contributed by atoms with E-state index < -0.39 is 0 Å². The highest BCUT2D eigenvalue weighted by Crippen LogP contribution is 2.35. The van der Waals surface area contributed by atoms with Gasteiger partial charge in [-0.25, -0.2) is 0 Å². The quantitative estimate of drug-likeness (QED) is 0.514. The molecule has 0 bridgehead atoms. The average Bonchev–Trinajstić information content (AvgIpc) is 3.07. The molecule has 0 atom stereocenters. The molecule has 8 heteroatoms. The van der Waals surface area contributed by atoms with Gasteiger partial charge in [-0.15, -0.1) is 0 Å². The van der Waals surface area contributed by atoms with Crippen LogP contribution in [0.1, 0.15) is 36.2 Å². The van der Waals surface area contributed by atoms with E-state index in [-0.39, 0.29) is 5.91 Å². The number of nitrogens with one attached hydrogen (secondary N) is 1. The predicted molar refractivity (Wildman–Crippen MR) is 129 cm³/mol. The first-order valence-electron chi connectivity index (χ1n) is 11.7. The molecular weight excluding hydrogens is 434 g/mol. The van der Waals surface area contributed by atoms with Crippen LogP contribution in [0.5, 0.6) is 23.0 Å². The van der Waals surface area contributed by atoms with Crippen LogP contribution in [0.4, 0.5) is 0 Å². The van der Waals surface area contributed by atoms with Gasteiger partial charge in [0.15, 0.2) is 23.0 Å². The van der Waals surface area contributed by atoms with Crippen LogP contribution < -0.4 is 24.3 Å². The zero-order chi connectivity index (χ0) is 23.9. The monoisotopic (exact) mass is 465 g/mol. The molecule has 1 aromatic heterocycles. The fourth-order valence-corrected chi connectivity index (χ4v) is 3.85. The Labute approximate surface area is 199 Å². The molecular formula is C26H31N3O5. The summed E-state index contributed by atoms with van der Waals surface area (Å²) in [5.74, 6) is 2.66. The molecule has 1 aliphatic rings. The van der Waals surface area contributed by atoms with Crippen LogP contribution in [0, 0.1) is 0 Å². The highest BCUT2D eigenvalue weighted by atomic mass is 16.5. The Balaban J connectivity index is 1.45. The number of fused-ring (bicyclic) bond motifs is 1. The van der Waals surface area contributed by atoms with Gasteiger partial charge in [-0.3, -0.25) is 9.48 Å². The fraction of sp³-hybridized carbons (Fsp3) is 0.385. The second-order valence-corrected chi connectivity index (χ2v) is 7.93. The normalized spacial score (nSPS) is 12.7. The van der Waals surface area contributed by atoms with Gasteiger partial charge in [-0.1, -0.05) is 6.07 Å². The van der Waals surface area contributed by atoms with Crippen LogP contribution in [-0.4, -0.2) is 48.7 Å². The first-order chi connectivity index (χ1) is 16.6. The molecule has 8 nitrogen and oxygen atoms in total. The lowest BCUT2D eigenvalue weighted by atomic mass is 10.1. The van der Waals surface area contributed by atoms with Crippen molar-refractivity contribution in [2.75, 3.05) is 33.0 Å². The largest absolute Gasteiger partial charge is 0.490 e. The zero-order valence-electron chi connectivity index (χ0n) is 19.9. The van der Waals surface area contributed by atoms with Crippen molar-refractivity contribution in [3.05, 3.63) is 53.7 Å². The number of benzene rings is 2. The van der Waals surface area contributed by atoms with E-state index in [1.54, 1.807) is 17.9 Å². The van der Waals surface area contributed by atoms with E-state index in [1.807, 2.05) is 50.2 Å². The minimum Gasteiger partial charge on any atom is -0.490 e. The van der Waals surface area contributed by atoms with Gasteiger partial charge in [-0.05, 0) is 56.2 Å². The minimum atomic E-state index is -0.175. The predicted octanol–water partition coefficient (Wildman–Crippen LogP) is 4.02. The van der Waals surface area contributed by atoms with Crippen molar-refractivity contribution in [3.8, 4) is 34.3 Å². The standard InChI is InChI=1S/C26H31N3O5/c1-4-31-21-9-7-18(15-23(21)32-5-2)11-12-27-26(30)20-17-29(3)28-25(20)19-8-10-22-24(16-19)34-14-6-13-33-22/h7-10,15-17H,4-6,11-14H2,1-3H3,(H,27,30). The number of hydrogen-bond donors (Lipinski definition) is 1. The smallest absolute Gasteiger partial charge is 0.255 e. The maximum Gasteiger partial charge on any atom is 0.255 e. The molecule has 0 fully saturated rings. The Morgan fingerprint density at radius 3 is 2.59 bits per heavy atom. The van der Waals surface area contributed by atoms with Gasteiger partial charge >= 0.3 is 0 Å². The third kappa shape index (κ3) is 5.44. The van der Waals surface area contributed by atoms with Crippen LogP contribution in [0.15, 0.2) is 42.6 Å². The number of rotatable bonds is 9. The molecule has 0 aliphatic carbocycles. The Hall–Kier alpha value is -3.68. The molecule has 2 aromatic carbocycles. The summed E-state index contributed by atoms with van der Waals surface area (Å²) in [5, 5.41) is 7.54. The third-order valence-corrected chi connectivity index (χ3v) is 5.40. The summed E-state index contributed by atoms with van der Waals surface area (Å²) in [6, 6.07) is 11.5. The summed E-state index contributed by atoms with van der Waals surface area (Å²) in [6.07, 6.45) is 3.23. The molecule has 34 heavy (non-hydrogen) atoms. The Kier molecular flexibility index (Phi) is 7.57. The Morgan fingerprint density at radius 1 is 1.03 bits per heavy atom. The number of carbonyl (C=O) groups excluding carboxylic acids is 1. The molecule has 0 unspecified atom stereocenters. The molecule has 0 spiro atoms. The second kappa shape index (κ2) is 11.0. The maximum atomic E-state index is 13.0. The lowest BCUT2D eigenvalue weighted by molar-refractivity contribution is 0.0954. The van der Waals surface area contributed by atoms with Gasteiger partial charge in [0.25, 0.3) is 5.91 Å². The van der Waals surface area contributed by atoms with E-state index in [0.29, 0.717) is 62.1 Å². The zero-order valence-corrected chi connectivity index (χ0v) is 19.9. The van der Waals surface area contributed by atoms with Crippen molar-refractivity contribution in [1.29, 1.82) is 0 Å². The molecule has 3 aromatic rings. The van der Waals surface area contributed by atoms with E-state index in [0.717, 1.165) is 29.0 Å². The van der Waals surface area contributed by atoms with Crippen LogP contribution in [0.2, 0.25) is 0 Å². The number of carbonyl (C=O) groups is 1.